The maximum absolute atomic E-state index is 12.6. The van der Waals surface area contributed by atoms with Crippen molar-refractivity contribution in [3.05, 3.63) is 71.8 Å². The van der Waals surface area contributed by atoms with E-state index in [1.54, 1.807) is 0 Å². The van der Waals surface area contributed by atoms with Gasteiger partial charge in [-0.3, -0.25) is 19.3 Å². The number of carbonyl (C=O) groups excluding carboxylic acids is 2. The van der Waals surface area contributed by atoms with Crippen LogP contribution in [0.2, 0.25) is 0 Å². The van der Waals surface area contributed by atoms with Crippen molar-refractivity contribution >= 4 is 23.9 Å². The standard InChI is InChI=1S/C28H34N4O10/c33-25(34)23-13-11-21(29-39-17-19-7-3-1-4-8-19)15-31(23)41-27(37)28(38)42-32-16-22(12-14-24(32)26(35)36)30-40-18-20-9-5-2-6-10-20/h1-10,21-24,29-30H,11-18H2,(H,33,34)(H,35,36). The summed E-state index contributed by atoms with van der Waals surface area (Å²) < 4.78 is 0. The van der Waals surface area contributed by atoms with E-state index in [4.69, 9.17) is 19.4 Å². The summed E-state index contributed by atoms with van der Waals surface area (Å²) in [6.07, 6.45) is 1.07. The number of hydrogen-bond acceptors (Lipinski definition) is 12. The van der Waals surface area contributed by atoms with Crippen molar-refractivity contribution in [2.45, 2.75) is 63.1 Å². The Kier molecular flexibility index (Phi) is 11.3. The lowest BCUT2D eigenvalue weighted by atomic mass is 10.0. The molecule has 14 nitrogen and oxygen atoms in total. The maximum atomic E-state index is 12.6. The largest absolute Gasteiger partial charge is 0.480 e. The number of hydroxylamine groups is 6. The summed E-state index contributed by atoms with van der Waals surface area (Å²) in [7, 11) is 0. The van der Waals surface area contributed by atoms with Crippen molar-refractivity contribution in [1.82, 2.24) is 21.1 Å². The van der Waals surface area contributed by atoms with Crippen LogP contribution in [-0.4, -0.2) is 81.5 Å². The number of carboxylic acid groups (broad SMARTS) is 2. The van der Waals surface area contributed by atoms with Crippen molar-refractivity contribution in [1.29, 1.82) is 0 Å². The molecular formula is C28H34N4O10. The van der Waals surface area contributed by atoms with Gasteiger partial charge >= 0.3 is 23.9 Å². The fraction of sp³-hybridized carbons (Fsp3) is 0.429. The SMILES string of the molecule is O=C(ON1CC(NOCc2ccccc2)CCC1C(=O)O)C(=O)ON1CC(NOCc2ccccc2)CCC1C(=O)O. The van der Waals surface area contributed by atoms with Gasteiger partial charge in [0.05, 0.1) is 26.3 Å². The smallest absolute Gasteiger partial charge is 0.438 e. The molecule has 2 saturated heterocycles. The molecule has 2 aromatic carbocycles. The van der Waals surface area contributed by atoms with Gasteiger partial charge in [0.2, 0.25) is 0 Å². The summed E-state index contributed by atoms with van der Waals surface area (Å²) in [5.74, 6) is -5.42. The first-order valence-corrected chi connectivity index (χ1v) is 13.6. The third kappa shape index (κ3) is 9.04. The van der Waals surface area contributed by atoms with Gasteiger partial charge in [0, 0.05) is 12.1 Å². The van der Waals surface area contributed by atoms with E-state index in [0.717, 1.165) is 21.3 Å². The Balaban J connectivity index is 1.29. The number of rotatable bonds is 12. The zero-order chi connectivity index (χ0) is 29.9. The highest BCUT2D eigenvalue weighted by molar-refractivity contribution is 6.29. The lowest BCUT2D eigenvalue weighted by molar-refractivity contribution is -0.240. The maximum Gasteiger partial charge on any atom is 0.438 e. The van der Waals surface area contributed by atoms with Gasteiger partial charge in [-0.05, 0) is 36.8 Å². The van der Waals surface area contributed by atoms with Gasteiger partial charge in [-0.25, -0.2) is 9.59 Å². The number of nitrogens with zero attached hydrogens (tertiary/aromatic N) is 2. The molecule has 4 atom stereocenters. The molecule has 14 heteroatoms. The van der Waals surface area contributed by atoms with Crippen LogP contribution in [0.25, 0.3) is 0 Å². The second kappa shape index (κ2) is 15.3. The summed E-state index contributed by atoms with van der Waals surface area (Å²) in [6.45, 7) is 0.382. The minimum Gasteiger partial charge on any atom is -0.480 e. The first kappa shape index (κ1) is 31.0. The number of nitrogens with one attached hydrogen (secondary N) is 2. The highest BCUT2D eigenvalue weighted by Gasteiger charge is 2.40. The van der Waals surface area contributed by atoms with Crippen LogP contribution in [0.3, 0.4) is 0 Å². The Hall–Kier alpha value is -3.92. The predicted octanol–water partition coefficient (Wildman–Crippen LogP) is 1.18. The molecule has 0 aliphatic carbocycles. The van der Waals surface area contributed by atoms with Crippen LogP contribution < -0.4 is 11.0 Å². The molecule has 2 aliphatic rings. The van der Waals surface area contributed by atoms with E-state index in [0.29, 0.717) is 12.8 Å². The molecule has 0 saturated carbocycles. The van der Waals surface area contributed by atoms with Crippen LogP contribution in [0.5, 0.6) is 0 Å². The summed E-state index contributed by atoms with van der Waals surface area (Å²) in [5.41, 5.74) is 7.53. The normalized spacial score (nSPS) is 23.1. The lowest BCUT2D eigenvalue weighted by Gasteiger charge is -2.36. The molecule has 42 heavy (non-hydrogen) atoms. The van der Waals surface area contributed by atoms with E-state index in [9.17, 15) is 29.4 Å². The summed E-state index contributed by atoms with van der Waals surface area (Å²) in [6, 6.07) is 15.6. The molecule has 4 unspecified atom stereocenters. The second-order valence-corrected chi connectivity index (χ2v) is 10.00. The number of piperidine rings is 2. The minimum absolute atomic E-state index is 0.0724. The summed E-state index contributed by atoms with van der Waals surface area (Å²) >= 11 is 0. The van der Waals surface area contributed by atoms with Gasteiger partial charge in [0.1, 0.15) is 12.1 Å². The van der Waals surface area contributed by atoms with E-state index in [1.807, 2.05) is 60.7 Å². The molecule has 2 aromatic rings. The zero-order valence-corrected chi connectivity index (χ0v) is 22.8. The minimum atomic E-state index is -1.48. The Labute approximate surface area is 241 Å². The average molecular weight is 587 g/mol. The third-order valence-corrected chi connectivity index (χ3v) is 6.87. The first-order chi connectivity index (χ1) is 20.3. The monoisotopic (exact) mass is 586 g/mol. The van der Waals surface area contributed by atoms with Gasteiger partial charge in [0.25, 0.3) is 0 Å². The van der Waals surface area contributed by atoms with E-state index < -0.39 is 48.0 Å². The third-order valence-electron chi connectivity index (χ3n) is 6.87. The summed E-state index contributed by atoms with van der Waals surface area (Å²) in [5, 5.41) is 21.0. The molecule has 0 spiro atoms. The molecule has 226 valence electrons. The molecule has 0 aromatic heterocycles. The number of carboxylic acids is 2. The highest BCUT2D eigenvalue weighted by atomic mass is 16.8. The topological polar surface area (TPSA) is 176 Å². The molecule has 4 rings (SSSR count). The van der Waals surface area contributed by atoms with Crippen molar-refractivity contribution in [3.8, 4) is 0 Å². The Bertz CT molecular complexity index is 1110. The molecular weight excluding hydrogens is 552 g/mol. The molecule has 2 heterocycles. The van der Waals surface area contributed by atoms with Crippen molar-refractivity contribution in [2.75, 3.05) is 13.1 Å². The van der Waals surface area contributed by atoms with E-state index in [2.05, 4.69) is 11.0 Å². The number of hydrogen-bond donors (Lipinski definition) is 4. The molecule has 0 bridgehead atoms. The predicted molar refractivity (Wildman–Crippen MR) is 143 cm³/mol. The van der Waals surface area contributed by atoms with E-state index >= 15 is 0 Å². The molecule has 0 radical (unpaired) electrons. The fourth-order valence-corrected chi connectivity index (χ4v) is 4.69. The van der Waals surface area contributed by atoms with Gasteiger partial charge in [-0.2, -0.15) is 11.0 Å². The first-order valence-electron chi connectivity index (χ1n) is 13.6. The van der Waals surface area contributed by atoms with Gasteiger partial charge in [-0.15, -0.1) is 10.1 Å². The molecule has 4 N–H and O–H groups in total. The van der Waals surface area contributed by atoms with E-state index in [-0.39, 0.29) is 39.1 Å². The van der Waals surface area contributed by atoms with Crippen LogP contribution in [-0.2, 0) is 51.7 Å². The fourth-order valence-electron chi connectivity index (χ4n) is 4.69. The number of carbonyl (C=O) groups is 4. The van der Waals surface area contributed by atoms with E-state index in [1.165, 1.54) is 0 Å². The van der Waals surface area contributed by atoms with Gasteiger partial charge in [-0.1, -0.05) is 60.7 Å². The average Bonchev–Trinajstić information content (AvgIpc) is 2.98. The molecule has 2 aliphatic heterocycles. The van der Waals surface area contributed by atoms with Crippen LogP contribution in [0.15, 0.2) is 60.7 Å². The van der Waals surface area contributed by atoms with Gasteiger partial charge in [0.15, 0.2) is 0 Å². The quantitative estimate of drug-likeness (QED) is 0.206. The number of benzene rings is 2. The van der Waals surface area contributed by atoms with Crippen molar-refractivity contribution < 1.29 is 48.7 Å². The van der Waals surface area contributed by atoms with Crippen LogP contribution in [0.1, 0.15) is 36.8 Å². The highest BCUT2D eigenvalue weighted by Crippen LogP contribution is 2.21. The van der Waals surface area contributed by atoms with Crippen LogP contribution in [0, 0.1) is 0 Å². The van der Waals surface area contributed by atoms with Crippen LogP contribution in [0.4, 0.5) is 0 Å². The van der Waals surface area contributed by atoms with Crippen molar-refractivity contribution in [2.24, 2.45) is 0 Å². The van der Waals surface area contributed by atoms with Crippen molar-refractivity contribution in [3.63, 3.8) is 0 Å². The lowest BCUT2D eigenvalue weighted by Crippen LogP contribution is -2.56. The zero-order valence-electron chi connectivity index (χ0n) is 22.8. The Morgan fingerprint density at radius 2 is 1.02 bits per heavy atom. The Morgan fingerprint density at radius 1 is 0.643 bits per heavy atom. The van der Waals surface area contributed by atoms with Crippen LogP contribution >= 0.6 is 0 Å². The summed E-state index contributed by atoms with van der Waals surface area (Å²) in [4.78, 5) is 70.1. The molecule has 2 fully saturated rings. The second-order valence-electron chi connectivity index (χ2n) is 10.00. The Morgan fingerprint density at radius 3 is 1.38 bits per heavy atom. The van der Waals surface area contributed by atoms with Gasteiger partial charge < -0.3 is 19.9 Å². The molecule has 0 amide bonds. The number of aliphatic carboxylic acids is 2.